The minimum absolute atomic E-state index is 0.0199. The number of anilines is 1. The van der Waals surface area contributed by atoms with E-state index in [2.05, 4.69) is 36.4 Å². The molecule has 1 aliphatic carbocycles. The number of benzene rings is 2. The molecule has 1 aliphatic rings. The highest BCUT2D eigenvalue weighted by Crippen LogP contribution is 2.33. The van der Waals surface area contributed by atoms with Gasteiger partial charge in [-0.1, -0.05) is 12.1 Å². The Hall–Kier alpha value is -2.79. The predicted molar refractivity (Wildman–Crippen MR) is 116 cm³/mol. The van der Waals surface area contributed by atoms with Gasteiger partial charge in [0, 0.05) is 29.6 Å². The molecule has 4 rings (SSSR count). The lowest BCUT2D eigenvalue weighted by atomic mass is 9.96. The number of amides is 1. The predicted octanol–water partition coefficient (Wildman–Crippen LogP) is 4.43. The third-order valence-corrected chi connectivity index (χ3v) is 5.38. The summed E-state index contributed by atoms with van der Waals surface area (Å²) >= 11 is 0. The Balaban J connectivity index is 1.33. The van der Waals surface area contributed by atoms with E-state index in [1.165, 1.54) is 24.0 Å². The highest BCUT2D eigenvalue weighted by atomic mass is 16.5. The third kappa shape index (κ3) is 4.80. The molecule has 0 saturated carbocycles. The molecule has 1 amide bonds. The van der Waals surface area contributed by atoms with E-state index < -0.39 is 0 Å². The summed E-state index contributed by atoms with van der Waals surface area (Å²) in [5, 5.41) is 4.01. The molecule has 1 heterocycles. The Bertz CT molecular complexity index is 989. The topological polar surface area (TPSA) is 54.7 Å². The molecule has 29 heavy (non-hydrogen) atoms. The zero-order chi connectivity index (χ0) is 20.2. The number of hydrogen-bond acceptors (Lipinski definition) is 4. The summed E-state index contributed by atoms with van der Waals surface area (Å²) in [6.07, 6.45) is 5.44. The van der Waals surface area contributed by atoms with Crippen molar-refractivity contribution < 1.29 is 13.9 Å². The van der Waals surface area contributed by atoms with Crippen molar-refractivity contribution in [2.24, 2.45) is 0 Å². The molecular weight excluding hydrogens is 364 g/mol. The molecule has 0 atom stereocenters. The van der Waals surface area contributed by atoms with Gasteiger partial charge in [0.05, 0.1) is 0 Å². The van der Waals surface area contributed by atoms with Gasteiger partial charge in [0.25, 0.3) is 5.91 Å². The van der Waals surface area contributed by atoms with Crippen molar-refractivity contribution in [1.82, 2.24) is 4.90 Å². The van der Waals surface area contributed by atoms with Gasteiger partial charge in [0.15, 0.2) is 6.61 Å². The Morgan fingerprint density at radius 3 is 2.69 bits per heavy atom. The summed E-state index contributed by atoms with van der Waals surface area (Å²) in [6.45, 7) is 0.984. The molecule has 0 aliphatic heterocycles. The molecule has 1 N–H and O–H groups in total. The number of hydrogen-bond donors (Lipinski definition) is 1. The van der Waals surface area contributed by atoms with E-state index in [0.717, 1.165) is 48.2 Å². The van der Waals surface area contributed by atoms with Gasteiger partial charge in [-0.2, -0.15) is 0 Å². The second kappa shape index (κ2) is 8.70. The lowest BCUT2D eigenvalue weighted by Crippen LogP contribution is -2.20. The number of carbonyl (C=O) groups excluding carboxylic acids is 1. The molecule has 2 aromatic carbocycles. The first-order valence-electron chi connectivity index (χ1n) is 10.3. The zero-order valence-electron chi connectivity index (χ0n) is 17.2. The van der Waals surface area contributed by atoms with Crippen molar-refractivity contribution in [2.45, 2.75) is 32.1 Å². The normalized spacial score (nSPS) is 13.5. The number of furan rings is 1. The van der Waals surface area contributed by atoms with Gasteiger partial charge in [-0.25, -0.2) is 0 Å². The van der Waals surface area contributed by atoms with Crippen LogP contribution in [0.4, 0.5) is 5.69 Å². The molecular formula is C24H28N2O3. The fourth-order valence-electron chi connectivity index (χ4n) is 3.78. The van der Waals surface area contributed by atoms with Gasteiger partial charge in [0.2, 0.25) is 0 Å². The average molecular weight is 392 g/mol. The molecule has 0 fully saturated rings. The summed E-state index contributed by atoms with van der Waals surface area (Å²) in [4.78, 5) is 14.4. The lowest BCUT2D eigenvalue weighted by molar-refractivity contribution is -0.118. The van der Waals surface area contributed by atoms with Crippen molar-refractivity contribution in [3.8, 4) is 5.75 Å². The van der Waals surface area contributed by atoms with Crippen LogP contribution in [-0.4, -0.2) is 38.1 Å². The van der Waals surface area contributed by atoms with Crippen molar-refractivity contribution in [1.29, 1.82) is 0 Å². The highest BCUT2D eigenvalue weighted by molar-refractivity contribution is 5.92. The molecule has 0 saturated heterocycles. The second-order valence-electron chi connectivity index (χ2n) is 7.96. The van der Waals surface area contributed by atoms with Crippen LogP contribution < -0.4 is 10.1 Å². The van der Waals surface area contributed by atoms with E-state index in [-0.39, 0.29) is 12.5 Å². The van der Waals surface area contributed by atoms with Crippen molar-refractivity contribution in [3.63, 3.8) is 0 Å². The van der Waals surface area contributed by atoms with E-state index in [4.69, 9.17) is 9.15 Å². The Labute approximate surface area is 171 Å². The smallest absolute Gasteiger partial charge is 0.262 e. The zero-order valence-corrected chi connectivity index (χ0v) is 17.2. The van der Waals surface area contributed by atoms with E-state index in [1.807, 2.05) is 30.3 Å². The van der Waals surface area contributed by atoms with Gasteiger partial charge in [-0.05, 0) is 75.7 Å². The van der Waals surface area contributed by atoms with Gasteiger partial charge in [-0.3, -0.25) is 4.79 Å². The third-order valence-electron chi connectivity index (χ3n) is 5.38. The van der Waals surface area contributed by atoms with Crippen LogP contribution in [0, 0.1) is 0 Å². The molecule has 0 spiro atoms. The largest absolute Gasteiger partial charge is 0.484 e. The number of nitrogens with one attached hydrogen (secondary N) is 1. The second-order valence-corrected chi connectivity index (χ2v) is 7.96. The summed E-state index contributed by atoms with van der Waals surface area (Å²) in [5.74, 6) is 1.64. The maximum Gasteiger partial charge on any atom is 0.262 e. The van der Waals surface area contributed by atoms with Crippen LogP contribution >= 0.6 is 0 Å². The lowest BCUT2D eigenvalue weighted by Gasteiger charge is -2.11. The van der Waals surface area contributed by atoms with Crippen LogP contribution in [0.3, 0.4) is 0 Å². The maximum absolute atomic E-state index is 12.3. The quantitative estimate of drug-likeness (QED) is 0.646. The number of likely N-dealkylation sites (N-methyl/N-ethyl adjacent to an activating group) is 1. The summed E-state index contributed by atoms with van der Waals surface area (Å²) in [6, 6.07) is 13.8. The fourth-order valence-corrected chi connectivity index (χ4v) is 3.78. The SMILES string of the molecule is CN(C)CCc1ccc(NC(=O)COc2ccc3oc4c(c3c2)CCCC4)cc1. The van der Waals surface area contributed by atoms with Gasteiger partial charge in [-0.15, -0.1) is 0 Å². The first-order valence-corrected chi connectivity index (χ1v) is 10.3. The number of fused-ring (bicyclic) bond motifs is 3. The average Bonchev–Trinajstić information content (AvgIpc) is 3.10. The molecule has 5 nitrogen and oxygen atoms in total. The minimum atomic E-state index is -0.166. The maximum atomic E-state index is 12.3. The van der Waals surface area contributed by atoms with Crippen molar-refractivity contribution in [2.75, 3.05) is 32.6 Å². The van der Waals surface area contributed by atoms with E-state index >= 15 is 0 Å². The number of rotatable bonds is 7. The molecule has 3 aromatic rings. The molecule has 0 bridgehead atoms. The van der Waals surface area contributed by atoms with Gasteiger partial charge < -0.3 is 19.4 Å². The van der Waals surface area contributed by atoms with Gasteiger partial charge >= 0.3 is 0 Å². The van der Waals surface area contributed by atoms with E-state index in [9.17, 15) is 4.79 Å². The number of aryl methyl sites for hydroxylation is 2. The molecule has 5 heteroatoms. The fraction of sp³-hybridized carbons (Fsp3) is 0.375. The minimum Gasteiger partial charge on any atom is -0.484 e. The summed E-state index contributed by atoms with van der Waals surface area (Å²) in [5.41, 5.74) is 4.25. The van der Waals surface area contributed by atoms with Crippen molar-refractivity contribution >= 4 is 22.6 Å². The monoisotopic (exact) mass is 392 g/mol. The highest BCUT2D eigenvalue weighted by Gasteiger charge is 2.18. The first kappa shape index (κ1) is 19.5. The number of carbonyl (C=O) groups is 1. The summed E-state index contributed by atoms with van der Waals surface area (Å²) < 4.78 is 11.7. The van der Waals surface area contributed by atoms with E-state index in [0.29, 0.717) is 5.75 Å². The van der Waals surface area contributed by atoms with E-state index in [1.54, 1.807) is 0 Å². The first-order chi connectivity index (χ1) is 14.1. The van der Waals surface area contributed by atoms with Crippen LogP contribution in [0.25, 0.3) is 11.0 Å². The van der Waals surface area contributed by atoms with Crippen LogP contribution in [0.2, 0.25) is 0 Å². The molecule has 1 aromatic heterocycles. The molecule has 152 valence electrons. The molecule has 0 radical (unpaired) electrons. The van der Waals surface area contributed by atoms with Gasteiger partial charge in [0.1, 0.15) is 17.1 Å². The number of ether oxygens (including phenoxy) is 1. The van der Waals surface area contributed by atoms with Crippen LogP contribution in [0.5, 0.6) is 5.75 Å². The Morgan fingerprint density at radius 2 is 1.90 bits per heavy atom. The van der Waals surface area contributed by atoms with Crippen LogP contribution in [0.15, 0.2) is 46.9 Å². The van der Waals surface area contributed by atoms with Crippen molar-refractivity contribution in [3.05, 3.63) is 59.4 Å². The number of nitrogens with zero attached hydrogens (tertiary/aromatic N) is 1. The van der Waals surface area contributed by atoms with Crippen LogP contribution in [0.1, 0.15) is 29.7 Å². The Morgan fingerprint density at radius 1 is 1.10 bits per heavy atom. The van der Waals surface area contributed by atoms with Crippen LogP contribution in [-0.2, 0) is 24.1 Å². The standard InChI is InChI=1S/C24H28N2O3/c1-26(2)14-13-17-7-9-18(10-8-17)25-24(27)16-28-19-11-12-23-21(15-19)20-5-3-4-6-22(20)29-23/h7-12,15H,3-6,13-14,16H2,1-2H3,(H,25,27). The Kier molecular flexibility index (Phi) is 5.86. The summed E-state index contributed by atoms with van der Waals surface area (Å²) in [7, 11) is 4.13. The molecule has 0 unspecified atom stereocenters.